The molecule has 152 valence electrons. The molecular weight excluding hydrogens is 374 g/mol. The Hall–Kier alpha value is -3.61. The lowest BCUT2D eigenvalue weighted by Gasteiger charge is -2.07. The first-order chi connectivity index (χ1) is 14.0. The number of anilines is 1. The predicted molar refractivity (Wildman–Crippen MR) is 109 cm³/mol. The van der Waals surface area contributed by atoms with Crippen molar-refractivity contribution in [3.8, 4) is 5.75 Å². The van der Waals surface area contributed by atoms with E-state index in [2.05, 4.69) is 5.32 Å². The third kappa shape index (κ3) is 7.50. The third-order valence-electron chi connectivity index (χ3n) is 3.69. The normalized spacial score (nSPS) is 10.4. The maximum absolute atomic E-state index is 11.9. The molecule has 2 rings (SSSR count). The van der Waals surface area contributed by atoms with Gasteiger partial charge in [-0.3, -0.25) is 4.79 Å². The summed E-state index contributed by atoms with van der Waals surface area (Å²) in [6, 6.07) is 13.4. The second-order valence-electron chi connectivity index (χ2n) is 5.98. The summed E-state index contributed by atoms with van der Waals surface area (Å²) in [4.78, 5) is 35.4. The highest BCUT2D eigenvalue weighted by Crippen LogP contribution is 2.14. The molecule has 29 heavy (non-hydrogen) atoms. The van der Waals surface area contributed by atoms with Gasteiger partial charge in [0.25, 0.3) is 5.91 Å². The van der Waals surface area contributed by atoms with Crippen LogP contribution in [0.15, 0.2) is 54.6 Å². The summed E-state index contributed by atoms with van der Waals surface area (Å²) in [6.07, 6.45) is 3.55. The minimum atomic E-state index is -0.642. The first-order valence-corrected chi connectivity index (χ1v) is 9.07. The first kappa shape index (κ1) is 21.7. The van der Waals surface area contributed by atoms with Crippen LogP contribution >= 0.6 is 0 Å². The average Bonchev–Trinajstić information content (AvgIpc) is 2.75. The van der Waals surface area contributed by atoms with Gasteiger partial charge in [0, 0.05) is 11.8 Å². The van der Waals surface area contributed by atoms with Gasteiger partial charge < -0.3 is 19.5 Å². The van der Waals surface area contributed by atoms with Crippen LogP contribution in [0.1, 0.15) is 29.3 Å². The molecule has 0 atom stereocenters. The summed E-state index contributed by atoms with van der Waals surface area (Å²) in [5.74, 6) is -0.877. The lowest BCUT2D eigenvalue weighted by molar-refractivity contribution is -0.142. The Morgan fingerprint density at radius 2 is 1.79 bits per heavy atom. The molecule has 0 aliphatic rings. The van der Waals surface area contributed by atoms with Crippen LogP contribution < -0.4 is 10.1 Å². The van der Waals surface area contributed by atoms with Gasteiger partial charge in [0.1, 0.15) is 5.75 Å². The number of methoxy groups -OCH3 is 1. The summed E-state index contributed by atoms with van der Waals surface area (Å²) in [5, 5.41) is 2.59. The summed E-state index contributed by atoms with van der Waals surface area (Å²) >= 11 is 0. The van der Waals surface area contributed by atoms with Gasteiger partial charge in [0.05, 0.1) is 19.3 Å². The molecule has 0 unspecified atom stereocenters. The zero-order chi connectivity index (χ0) is 21.1. The van der Waals surface area contributed by atoms with E-state index >= 15 is 0 Å². The molecule has 7 nitrogen and oxygen atoms in total. The van der Waals surface area contributed by atoms with Crippen molar-refractivity contribution in [2.45, 2.75) is 13.3 Å². The average molecular weight is 397 g/mol. The van der Waals surface area contributed by atoms with Crippen LogP contribution in [-0.2, 0) is 19.1 Å². The van der Waals surface area contributed by atoms with Gasteiger partial charge in [-0.2, -0.15) is 0 Å². The molecule has 0 radical (unpaired) electrons. The van der Waals surface area contributed by atoms with Crippen molar-refractivity contribution in [2.24, 2.45) is 0 Å². The number of rotatable bonds is 9. The second kappa shape index (κ2) is 11.3. The molecule has 2 aromatic rings. The minimum Gasteiger partial charge on any atom is -0.497 e. The Morgan fingerprint density at radius 1 is 1.03 bits per heavy atom. The van der Waals surface area contributed by atoms with Gasteiger partial charge in [-0.25, -0.2) is 9.59 Å². The van der Waals surface area contributed by atoms with E-state index in [1.165, 1.54) is 6.08 Å². The zero-order valence-corrected chi connectivity index (χ0v) is 16.3. The molecule has 0 saturated carbocycles. The molecule has 0 saturated heterocycles. The molecule has 0 heterocycles. The number of carbonyl (C=O) groups excluding carboxylic acids is 3. The van der Waals surface area contributed by atoms with Gasteiger partial charge >= 0.3 is 11.9 Å². The molecule has 0 fully saturated rings. The molecule has 0 aliphatic heterocycles. The fourth-order valence-corrected chi connectivity index (χ4v) is 2.26. The molecular formula is C22H23NO6. The van der Waals surface area contributed by atoms with E-state index in [9.17, 15) is 14.4 Å². The van der Waals surface area contributed by atoms with E-state index in [4.69, 9.17) is 14.2 Å². The van der Waals surface area contributed by atoms with Crippen LogP contribution in [0, 0.1) is 0 Å². The van der Waals surface area contributed by atoms with Gasteiger partial charge in [0.2, 0.25) is 0 Å². The highest BCUT2D eigenvalue weighted by Gasteiger charge is 2.09. The Morgan fingerprint density at radius 3 is 2.48 bits per heavy atom. The Kier molecular flexibility index (Phi) is 8.44. The van der Waals surface area contributed by atoms with Crippen molar-refractivity contribution in [1.82, 2.24) is 0 Å². The van der Waals surface area contributed by atoms with Crippen LogP contribution in [0.3, 0.4) is 0 Å². The van der Waals surface area contributed by atoms with Crippen molar-refractivity contribution in [2.75, 3.05) is 25.6 Å². The molecule has 0 spiro atoms. The highest BCUT2D eigenvalue weighted by molar-refractivity contribution is 5.95. The summed E-state index contributed by atoms with van der Waals surface area (Å²) < 4.78 is 15.1. The molecule has 0 aliphatic carbocycles. The number of esters is 2. The number of amides is 1. The maximum Gasteiger partial charge on any atom is 0.338 e. The van der Waals surface area contributed by atoms with E-state index in [-0.39, 0.29) is 0 Å². The van der Waals surface area contributed by atoms with E-state index in [0.717, 1.165) is 12.0 Å². The van der Waals surface area contributed by atoms with Gasteiger partial charge in [0.15, 0.2) is 6.61 Å². The van der Waals surface area contributed by atoms with E-state index in [1.807, 2.05) is 6.92 Å². The molecule has 7 heteroatoms. The SMILES string of the molecule is CCCOC(=O)c1ccc(NC(=O)COC(=O)/C=C/c2cccc(OC)c2)cc1. The number of nitrogens with one attached hydrogen (secondary N) is 1. The number of carbonyl (C=O) groups is 3. The van der Waals surface area contributed by atoms with Gasteiger partial charge in [-0.05, 0) is 54.5 Å². The van der Waals surface area contributed by atoms with Crippen LogP contribution in [0.4, 0.5) is 5.69 Å². The van der Waals surface area contributed by atoms with Gasteiger partial charge in [-0.1, -0.05) is 19.1 Å². The third-order valence-corrected chi connectivity index (χ3v) is 3.69. The van der Waals surface area contributed by atoms with Crippen molar-refractivity contribution >= 4 is 29.6 Å². The minimum absolute atomic E-state index is 0.356. The quantitative estimate of drug-likeness (QED) is 0.515. The van der Waals surface area contributed by atoms with E-state index in [1.54, 1.807) is 61.7 Å². The summed E-state index contributed by atoms with van der Waals surface area (Å²) in [5.41, 5.74) is 1.64. The molecule has 1 amide bonds. The Bertz CT molecular complexity index is 873. The summed E-state index contributed by atoms with van der Waals surface area (Å²) in [7, 11) is 1.56. The van der Waals surface area contributed by atoms with Crippen molar-refractivity contribution in [3.63, 3.8) is 0 Å². The topological polar surface area (TPSA) is 90.9 Å². The Balaban J connectivity index is 1.79. The zero-order valence-electron chi connectivity index (χ0n) is 16.3. The van der Waals surface area contributed by atoms with Crippen molar-refractivity contribution in [3.05, 3.63) is 65.7 Å². The van der Waals surface area contributed by atoms with E-state index < -0.39 is 24.5 Å². The number of hydrogen-bond donors (Lipinski definition) is 1. The lowest BCUT2D eigenvalue weighted by atomic mass is 10.2. The number of ether oxygens (including phenoxy) is 3. The molecule has 0 bridgehead atoms. The Labute approximate surface area is 169 Å². The first-order valence-electron chi connectivity index (χ1n) is 9.07. The number of hydrogen-bond acceptors (Lipinski definition) is 6. The van der Waals surface area contributed by atoms with E-state index in [0.29, 0.717) is 23.6 Å². The largest absolute Gasteiger partial charge is 0.497 e. The van der Waals surface area contributed by atoms with Crippen LogP contribution in [-0.4, -0.2) is 38.2 Å². The molecule has 1 N–H and O–H groups in total. The smallest absolute Gasteiger partial charge is 0.338 e. The fraction of sp³-hybridized carbons (Fsp3) is 0.227. The monoisotopic (exact) mass is 397 g/mol. The summed E-state index contributed by atoms with van der Waals surface area (Å²) in [6.45, 7) is 1.84. The van der Waals surface area contributed by atoms with Crippen LogP contribution in [0.25, 0.3) is 6.08 Å². The van der Waals surface area contributed by atoms with Crippen molar-refractivity contribution < 1.29 is 28.6 Å². The highest BCUT2D eigenvalue weighted by atomic mass is 16.5. The number of benzene rings is 2. The van der Waals surface area contributed by atoms with Crippen LogP contribution in [0.2, 0.25) is 0 Å². The van der Waals surface area contributed by atoms with Crippen LogP contribution in [0.5, 0.6) is 5.75 Å². The second-order valence-corrected chi connectivity index (χ2v) is 5.98. The lowest BCUT2D eigenvalue weighted by Crippen LogP contribution is -2.20. The molecule has 0 aromatic heterocycles. The molecule has 2 aromatic carbocycles. The maximum atomic E-state index is 11.9. The predicted octanol–water partition coefficient (Wildman–Crippen LogP) is 3.46. The van der Waals surface area contributed by atoms with Crippen molar-refractivity contribution in [1.29, 1.82) is 0 Å². The fourth-order valence-electron chi connectivity index (χ4n) is 2.26. The standard InChI is InChI=1S/C22H23NO6/c1-3-13-28-22(26)17-8-10-18(11-9-17)23-20(24)15-29-21(25)12-7-16-5-4-6-19(14-16)27-2/h4-12,14H,3,13,15H2,1-2H3,(H,23,24)/b12-7+. The van der Waals surface area contributed by atoms with Gasteiger partial charge in [-0.15, -0.1) is 0 Å².